The van der Waals surface area contributed by atoms with E-state index >= 15 is 0 Å². The Bertz CT molecular complexity index is 2790. The maximum atomic E-state index is 6.74. The number of rotatable bonds is 5. The highest BCUT2D eigenvalue weighted by Gasteiger charge is 2.42. The van der Waals surface area contributed by atoms with Crippen LogP contribution >= 0.6 is 11.3 Å². The summed E-state index contributed by atoms with van der Waals surface area (Å²) in [6, 6.07) is 56.2. The zero-order valence-corrected chi connectivity index (χ0v) is 30.9. The maximum absolute atomic E-state index is 6.74. The summed E-state index contributed by atoms with van der Waals surface area (Å²) in [6.07, 6.45) is 1.15. The van der Waals surface area contributed by atoms with Crippen LogP contribution in [0.4, 0.5) is 0 Å². The molecule has 0 aliphatic heterocycles. The third-order valence-electron chi connectivity index (χ3n) is 11.6. The Morgan fingerprint density at radius 1 is 0.442 bits per heavy atom. The van der Waals surface area contributed by atoms with Crippen molar-refractivity contribution in [2.45, 2.75) is 50.9 Å². The minimum absolute atomic E-state index is 0.0399. The number of hydrogen-bond acceptors (Lipinski definition) is 2. The van der Waals surface area contributed by atoms with Gasteiger partial charge in [-0.25, -0.2) is 0 Å². The highest BCUT2D eigenvalue weighted by Crippen LogP contribution is 2.51. The van der Waals surface area contributed by atoms with Crippen LogP contribution in [0.3, 0.4) is 0 Å². The van der Waals surface area contributed by atoms with Crippen LogP contribution in [0.15, 0.2) is 156 Å². The molecule has 2 aromatic heterocycles. The van der Waals surface area contributed by atoms with Crippen molar-refractivity contribution in [3.8, 4) is 22.3 Å². The standard InChI is InChI=1S/C50H40OS/c1-49(2)30-50(3,4)43-29-45-40(28-42(43)49)38-24-22-37(27-44(38)51-45)48(36-23-25-47-41(26-36)39-12-8-9-13-46(39)52-47)35-20-18-34(19-21-35)33-16-14-32(15-17-33)31-10-6-5-7-11-31/h5-29,48H,30H2,1-4H3. The van der Waals surface area contributed by atoms with Gasteiger partial charge in [0.15, 0.2) is 0 Å². The summed E-state index contributed by atoms with van der Waals surface area (Å²) in [5.74, 6) is 0.0399. The summed E-state index contributed by atoms with van der Waals surface area (Å²) in [4.78, 5) is 0. The molecule has 0 saturated carbocycles. The van der Waals surface area contributed by atoms with Gasteiger partial charge < -0.3 is 4.42 Å². The van der Waals surface area contributed by atoms with Crippen molar-refractivity contribution in [1.82, 2.24) is 0 Å². The largest absolute Gasteiger partial charge is 0.456 e. The van der Waals surface area contributed by atoms with Gasteiger partial charge in [0.2, 0.25) is 0 Å². The molecule has 0 fully saturated rings. The average Bonchev–Trinajstić information content (AvgIpc) is 3.77. The molecule has 0 bridgehead atoms. The molecule has 0 radical (unpaired) electrons. The highest BCUT2D eigenvalue weighted by atomic mass is 32.1. The van der Waals surface area contributed by atoms with Crippen LogP contribution in [-0.2, 0) is 10.8 Å². The van der Waals surface area contributed by atoms with E-state index in [-0.39, 0.29) is 16.7 Å². The van der Waals surface area contributed by atoms with Gasteiger partial charge in [-0.05, 0) is 104 Å². The van der Waals surface area contributed by atoms with E-state index in [1.54, 1.807) is 0 Å². The third kappa shape index (κ3) is 5.04. The Labute approximate surface area is 309 Å². The van der Waals surface area contributed by atoms with Gasteiger partial charge in [-0.2, -0.15) is 0 Å². The van der Waals surface area contributed by atoms with E-state index in [0.29, 0.717) is 0 Å². The highest BCUT2D eigenvalue weighted by molar-refractivity contribution is 7.25. The molecule has 2 heteroatoms. The molecule has 2 heterocycles. The lowest BCUT2D eigenvalue weighted by Gasteiger charge is -2.22. The molecule has 7 aromatic carbocycles. The predicted octanol–water partition coefficient (Wildman–Crippen LogP) is 14.4. The monoisotopic (exact) mass is 688 g/mol. The van der Waals surface area contributed by atoms with Crippen LogP contribution in [0.25, 0.3) is 64.4 Å². The first-order valence-electron chi connectivity index (χ1n) is 18.4. The SMILES string of the molecule is CC1(C)CC(C)(C)c2cc3c(cc21)oc1cc(C(c2ccc(-c4ccc(-c5ccccc5)cc4)cc2)c2ccc4sc5ccccc5c4c2)ccc13. The van der Waals surface area contributed by atoms with Crippen molar-refractivity contribution >= 4 is 53.4 Å². The minimum atomic E-state index is 0.0399. The molecular weight excluding hydrogens is 649 g/mol. The molecule has 252 valence electrons. The fourth-order valence-corrected chi connectivity index (χ4v) is 10.4. The number of benzene rings is 7. The van der Waals surface area contributed by atoms with Crippen molar-refractivity contribution in [2.75, 3.05) is 0 Å². The number of thiophene rings is 1. The second kappa shape index (κ2) is 11.5. The molecule has 9 aromatic rings. The Morgan fingerprint density at radius 2 is 0.981 bits per heavy atom. The van der Waals surface area contributed by atoms with Gasteiger partial charge in [-0.1, -0.05) is 143 Å². The molecule has 1 aliphatic rings. The first kappa shape index (κ1) is 31.3. The molecular formula is C50H40OS. The zero-order valence-electron chi connectivity index (χ0n) is 30.0. The van der Waals surface area contributed by atoms with Crippen LogP contribution in [-0.4, -0.2) is 0 Å². The van der Waals surface area contributed by atoms with Crippen LogP contribution in [0, 0.1) is 0 Å². The molecule has 0 amide bonds. The second-order valence-electron chi connectivity index (χ2n) is 16.0. The van der Waals surface area contributed by atoms with E-state index in [2.05, 4.69) is 179 Å². The van der Waals surface area contributed by atoms with Gasteiger partial charge in [0.25, 0.3) is 0 Å². The quantitative estimate of drug-likeness (QED) is 0.164. The van der Waals surface area contributed by atoms with Gasteiger partial charge >= 0.3 is 0 Å². The zero-order chi connectivity index (χ0) is 35.2. The lowest BCUT2D eigenvalue weighted by Crippen LogP contribution is -2.17. The van der Waals surface area contributed by atoms with Gasteiger partial charge in [0.1, 0.15) is 11.2 Å². The van der Waals surface area contributed by atoms with Gasteiger partial charge in [-0.3, -0.25) is 0 Å². The molecule has 52 heavy (non-hydrogen) atoms. The fraction of sp³-hybridized carbons (Fsp3) is 0.160. The first-order chi connectivity index (χ1) is 25.2. The van der Waals surface area contributed by atoms with Crippen molar-refractivity contribution in [2.24, 2.45) is 0 Å². The smallest absolute Gasteiger partial charge is 0.135 e. The molecule has 0 N–H and O–H groups in total. The summed E-state index contributed by atoms with van der Waals surface area (Å²) in [5, 5.41) is 5.05. The van der Waals surface area contributed by atoms with E-state index in [9.17, 15) is 0 Å². The van der Waals surface area contributed by atoms with Crippen LogP contribution < -0.4 is 0 Å². The molecule has 1 unspecified atom stereocenters. The average molecular weight is 689 g/mol. The topological polar surface area (TPSA) is 13.1 Å². The van der Waals surface area contributed by atoms with Crippen molar-refractivity contribution in [1.29, 1.82) is 0 Å². The van der Waals surface area contributed by atoms with E-state index in [4.69, 9.17) is 4.42 Å². The molecule has 1 nitrogen and oxygen atoms in total. The van der Waals surface area contributed by atoms with E-state index < -0.39 is 0 Å². The summed E-state index contributed by atoms with van der Waals surface area (Å²) in [5.41, 5.74) is 13.8. The fourth-order valence-electron chi connectivity index (χ4n) is 9.29. The molecule has 1 atom stereocenters. The second-order valence-corrected chi connectivity index (χ2v) is 17.1. The summed E-state index contributed by atoms with van der Waals surface area (Å²) in [6.45, 7) is 9.51. The lowest BCUT2D eigenvalue weighted by atomic mass is 9.82. The van der Waals surface area contributed by atoms with Crippen LogP contribution in [0.1, 0.15) is 67.9 Å². The van der Waals surface area contributed by atoms with Crippen molar-refractivity contribution in [3.63, 3.8) is 0 Å². The number of furan rings is 1. The van der Waals surface area contributed by atoms with Gasteiger partial charge in [-0.15, -0.1) is 11.3 Å². The summed E-state index contributed by atoms with van der Waals surface area (Å²) < 4.78 is 9.39. The molecule has 10 rings (SSSR count). The Morgan fingerprint density at radius 3 is 1.71 bits per heavy atom. The Hall–Kier alpha value is -5.44. The normalized spacial score (nSPS) is 15.5. The first-order valence-corrected chi connectivity index (χ1v) is 19.2. The Balaban J connectivity index is 1.09. The summed E-state index contributed by atoms with van der Waals surface area (Å²) >= 11 is 1.87. The maximum Gasteiger partial charge on any atom is 0.135 e. The minimum Gasteiger partial charge on any atom is -0.456 e. The molecule has 0 saturated heterocycles. The molecule has 1 aliphatic carbocycles. The summed E-state index contributed by atoms with van der Waals surface area (Å²) in [7, 11) is 0. The third-order valence-corrected chi connectivity index (χ3v) is 12.8. The number of fused-ring (bicyclic) bond motifs is 7. The van der Waals surface area contributed by atoms with Crippen LogP contribution in [0.2, 0.25) is 0 Å². The van der Waals surface area contributed by atoms with Gasteiger partial charge in [0.05, 0.1) is 0 Å². The van der Waals surface area contributed by atoms with Gasteiger partial charge in [0, 0.05) is 36.9 Å². The van der Waals surface area contributed by atoms with E-state index in [0.717, 1.165) is 17.6 Å². The predicted molar refractivity (Wildman–Crippen MR) is 222 cm³/mol. The van der Waals surface area contributed by atoms with Crippen molar-refractivity contribution < 1.29 is 4.42 Å². The van der Waals surface area contributed by atoms with E-state index in [1.165, 1.54) is 81.0 Å². The Kier molecular flexibility index (Phi) is 6.94. The lowest BCUT2D eigenvalue weighted by molar-refractivity contribution is 0.403. The van der Waals surface area contributed by atoms with Crippen molar-refractivity contribution in [3.05, 3.63) is 179 Å². The van der Waals surface area contributed by atoms with Crippen LogP contribution in [0.5, 0.6) is 0 Å². The van der Waals surface area contributed by atoms with E-state index in [1.807, 2.05) is 11.3 Å². The number of hydrogen-bond donors (Lipinski definition) is 0. The molecule has 0 spiro atoms.